The Morgan fingerprint density at radius 2 is 1.74 bits per heavy atom. The van der Waals surface area contributed by atoms with Crippen molar-refractivity contribution in [1.29, 1.82) is 0 Å². The number of amides is 1. The lowest BCUT2D eigenvalue weighted by Crippen LogP contribution is -2.17. The summed E-state index contributed by atoms with van der Waals surface area (Å²) in [5.74, 6) is -1.19. The summed E-state index contributed by atoms with van der Waals surface area (Å²) in [6.07, 6.45) is 1.28. The lowest BCUT2D eigenvalue weighted by Gasteiger charge is -2.16. The summed E-state index contributed by atoms with van der Waals surface area (Å²) in [7, 11) is -2.70. The van der Waals surface area contributed by atoms with Crippen molar-refractivity contribution in [3.8, 4) is 11.4 Å². The molecule has 11 heteroatoms. The van der Waals surface area contributed by atoms with E-state index in [-0.39, 0.29) is 22.2 Å². The van der Waals surface area contributed by atoms with E-state index in [1.165, 1.54) is 54.5 Å². The highest BCUT2D eigenvalue weighted by Gasteiger charge is 2.23. The van der Waals surface area contributed by atoms with Gasteiger partial charge in [-0.05, 0) is 61.4 Å². The van der Waals surface area contributed by atoms with Gasteiger partial charge in [-0.15, -0.1) is 5.10 Å². The maximum Gasteiger partial charge on any atom is 0.295 e. The quantitative estimate of drug-likeness (QED) is 0.399. The summed E-state index contributed by atoms with van der Waals surface area (Å²) in [6, 6.07) is 15.3. The molecule has 180 valence electrons. The van der Waals surface area contributed by atoms with Crippen molar-refractivity contribution in [2.75, 3.05) is 17.1 Å². The number of halogens is 1. The molecule has 1 aromatic heterocycles. The third-order valence-corrected chi connectivity index (χ3v) is 6.57. The number of aromatic nitrogens is 3. The normalized spacial score (nSPS) is 11.2. The van der Waals surface area contributed by atoms with E-state index in [4.69, 9.17) is 4.74 Å². The van der Waals surface area contributed by atoms with Gasteiger partial charge in [-0.2, -0.15) is 0 Å². The highest BCUT2D eigenvalue weighted by atomic mass is 32.2. The Hall–Kier alpha value is -4.25. The molecule has 4 rings (SSSR count). The van der Waals surface area contributed by atoms with Gasteiger partial charge in [0.2, 0.25) is 5.82 Å². The summed E-state index contributed by atoms with van der Waals surface area (Å²) >= 11 is 0. The zero-order valence-corrected chi connectivity index (χ0v) is 19.9. The first-order valence-corrected chi connectivity index (χ1v) is 11.9. The second-order valence-corrected chi connectivity index (χ2v) is 9.34. The monoisotopic (exact) mass is 495 g/mol. The predicted molar refractivity (Wildman–Crippen MR) is 129 cm³/mol. The molecule has 0 aliphatic heterocycles. The number of nitrogens with zero attached hydrogens (tertiary/aromatic N) is 3. The molecule has 2 N–H and O–H groups in total. The fraction of sp³-hybridized carbons (Fsp3) is 0.125. The standard InChI is InChI=1S/C24H22FN5O4S/c1-15-6-4-7-16(2)22(15)29-35(32,33)21-13-18(10-11-20(21)34-3)27-24(31)23-26-14-30(28-23)19-9-5-8-17(25)12-19/h4-14,29H,1-3H3,(H,27,31). The van der Waals surface area contributed by atoms with Crippen LogP contribution in [0.25, 0.3) is 5.69 Å². The average Bonchev–Trinajstić information content (AvgIpc) is 3.32. The topological polar surface area (TPSA) is 115 Å². The van der Waals surface area contributed by atoms with Gasteiger partial charge in [0.15, 0.2) is 0 Å². The number of para-hydroxylation sites is 1. The number of aryl methyl sites for hydroxylation is 2. The van der Waals surface area contributed by atoms with Crippen molar-refractivity contribution >= 4 is 27.3 Å². The van der Waals surface area contributed by atoms with E-state index in [2.05, 4.69) is 20.1 Å². The van der Waals surface area contributed by atoms with E-state index in [1.807, 2.05) is 6.07 Å². The summed E-state index contributed by atoms with van der Waals surface area (Å²) in [4.78, 5) is 16.5. The molecule has 35 heavy (non-hydrogen) atoms. The number of sulfonamides is 1. The van der Waals surface area contributed by atoms with Crippen molar-refractivity contribution in [2.45, 2.75) is 18.7 Å². The fourth-order valence-corrected chi connectivity index (χ4v) is 4.83. The molecule has 0 fully saturated rings. The van der Waals surface area contributed by atoms with Crippen LogP contribution in [-0.2, 0) is 10.0 Å². The van der Waals surface area contributed by atoms with E-state index in [0.29, 0.717) is 11.4 Å². The second kappa shape index (κ2) is 9.55. The van der Waals surface area contributed by atoms with E-state index in [1.54, 1.807) is 32.0 Å². The molecule has 0 saturated carbocycles. The first kappa shape index (κ1) is 23.9. The van der Waals surface area contributed by atoms with Crippen LogP contribution in [0.4, 0.5) is 15.8 Å². The van der Waals surface area contributed by atoms with Gasteiger partial charge in [0, 0.05) is 5.69 Å². The zero-order valence-electron chi connectivity index (χ0n) is 19.1. The Kier molecular flexibility index (Phi) is 6.52. The van der Waals surface area contributed by atoms with Crippen LogP contribution in [0.1, 0.15) is 21.7 Å². The van der Waals surface area contributed by atoms with Gasteiger partial charge in [-0.25, -0.2) is 22.5 Å². The molecule has 4 aromatic rings. The minimum Gasteiger partial charge on any atom is -0.495 e. The maximum absolute atomic E-state index is 13.5. The van der Waals surface area contributed by atoms with E-state index in [9.17, 15) is 17.6 Å². The number of rotatable bonds is 7. The highest BCUT2D eigenvalue weighted by Crippen LogP contribution is 2.30. The van der Waals surface area contributed by atoms with Crippen LogP contribution >= 0.6 is 0 Å². The third kappa shape index (κ3) is 5.14. The van der Waals surface area contributed by atoms with Crippen molar-refractivity contribution < 1.29 is 22.3 Å². The summed E-state index contributed by atoms with van der Waals surface area (Å²) in [6.45, 7) is 3.60. The van der Waals surface area contributed by atoms with Crippen molar-refractivity contribution in [3.05, 3.63) is 89.8 Å². The zero-order chi connectivity index (χ0) is 25.2. The number of carbonyl (C=O) groups excluding carboxylic acids is 1. The van der Waals surface area contributed by atoms with E-state index >= 15 is 0 Å². The molecule has 1 amide bonds. The van der Waals surface area contributed by atoms with Gasteiger partial charge in [-0.1, -0.05) is 24.3 Å². The molecule has 0 aliphatic carbocycles. The number of anilines is 2. The first-order valence-electron chi connectivity index (χ1n) is 10.4. The van der Waals surface area contributed by atoms with E-state index < -0.39 is 21.7 Å². The number of methoxy groups -OCH3 is 1. The van der Waals surface area contributed by atoms with E-state index in [0.717, 1.165) is 11.1 Å². The smallest absolute Gasteiger partial charge is 0.295 e. The van der Waals surface area contributed by atoms with Crippen molar-refractivity contribution in [2.24, 2.45) is 0 Å². The number of carbonyl (C=O) groups is 1. The van der Waals surface area contributed by atoms with Crippen LogP contribution in [0.5, 0.6) is 5.75 Å². The molecule has 0 bridgehead atoms. The highest BCUT2D eigenvalue weighted by molar-refractivity contribution is 7.92. The molecule has 0 spiro atoms. The van der Waals surface area contributed by atoms with Gasteiger partial charge in [0.1, 0.15) is 22.8 Å². The molecule has 3 aromatic carbocycles. The minimum absolute atomic E-state index is 0.107. The van der Waals surface area contributed by atoms with Crippen LogP contribution in [0.2, 0.25) is 0 Å². The van der Waals surface area contributed by atoms with Crippen LogP contribution < -0.4 is 14.8 Å². The Morgan fingerprint density at radius 1 is 1.03 bits per heavy atom. The molecule has 0 atom stereocenters. The lowest BCUT2D eigenvalue weighted by atomic mass is 10.1. The fourth-order valence-electron chi connectivity index (χ4n) is 3.43. The molecule has 9 nitrogen and oxygen atoms in total. The lowest BCUT2D eigenvalue weighted by molar-refractivity contribution is 0.101. The van der Waals surface area contributed by atoms with Gasteiger partial charge < -0.3 is 10.1 Å². The van der Waals surface area contributed by atoms with Gasteiger partial charge >= 0.3 is 0 Å². The Bertz CT molecular complexity index is 1500. The molecule has 0 radical (unpaired) electrons. The minimum atomic E-state index is -4.06. The molecule has 1 heterocycles. The van der Waals surface area contributed by atoms with Crippen molar-refractivity contribution in [3.63, 3.8) is 0 Å². The Balaban J connectivity index is 1.60. The van der Waals surface area contributed by atoms with Gasteiger partial charge in [-0.3, -0.25) is 9.52 Å². The molecule has 0 unspecified atom stereocenters. The SMILES string of the molecule is COc1ccc(NC(=O)c2ncn(-c3cccc(F)c3)n2)cc1S(=O)(=O)Nc1c(C)cccc1C. The van der Waals surface area contributed by atoms with Crippen LogP contribution in [-0.4, -0.2) is 36.2 Å². The van der Waals surface area contributed by atoms with Crippen LogP contribution in [0, 0.1) is 19.7 Å². The summed E-state index contributed by atoms with van der Waals surface area (Å²) in [5.41, 5.74) is 2.58. The maximum atomic E-state index is 13.5. The number of hydrogen-bond acceptors (Lipinski definition) is 6. The molecule has 0 saturated heterocycles. The van der Waals surface area contributed by atoms with Crippen LogP contribution in [0.15, 0.2) is 71.9 Å². The average molecular weight is 496 g/mol. The number of benzene rings is 3. The van der Waals surface area contributed by atoms with Crippen LogP contribution in [0.3, 0.4) is 0 Å². The summed E-state index contributed by atoms with van der Waals surface area (Å²) < 4.78 is 49.0. The number of nitrogens with one attached hydrogen (secondary N) is 2. The predicted octanol–water partition coefficient (Wildman–Crippen LogP) is 4.08. The number of hydrogen-bond donors (Lipinski definition) is 2. The largest absolute Gasteiger partial charge is 0.495 e. The number of ether oxygens (including phenoxy) is 1. The van der Waals surface area contributed by atoms with Crippen molar-refractivity contribution in [1.82, 2.24) is 14.8 Å². The van der Waals surface area contributed by atoms with Gasteiger partial charge in [0.25, 0.3) is 15.9 Å². The molecular weight excluding hydrogens is 473 g/mol. The molecule has 0 aliphatic rings. The Morgan fingerprint density at radius 3 is 2.43 bits per heavy atom. The first-order chi connectivity index (χ1) is 16.7. The third-order valence-electron chi connectivity index (χ3n) is 5.20. The Labute approximate surface area is 201 Å². The summed E-state index contributed by atoms with van der Waals surface area (Å²) in [5, 5.41) is 6.66. The molecular formula is C24H22FN5O4S. The van der Waals surface area contributed by atoms with Gasteiger partial charge in [0.05, 0.1) is 18.5 Å². The second-order valence-electron chi connectivity index (χ2n) is 7.68.